The highest BCUT2D eigenvalue weighted by molar-refractivity contribution is 7.92. The van der Waals surface area contributed by atoms with Crippen LogP contribution in [0, 0.1) is 19.8 Å². The van der Waals surface area contributed by atoms with Gasteiger partial charge in [0.05, 0.1) is 31.3 Å². The van der Waals surface area contributed by atoms with E-state index in [1.807, 2.05) is 39.8 Å². The normalized spacial score (nSPS) is 18.6. The zero-order valence-corrected chi connectivity index (χ0v) is 22.4. The van der Waals surface area contributed by atoms with E-state index in [1.54, 1.807) is 41.8 Å². The zero-order chi connectivity index (χ0) is 25.7. The Bertz CT molecular complexity index is 1530. The van der Waals surface area contributed by atoms with Gasteiger partial charge in [0.1, 0.15) is 16.3 Å². The third-order valence-corrected chi connectivity index (χ3v) is 11.0. The Balaban J connectivity index is 1.43. The van der Waals surface area contributed by atoms with Crippen LogP contribution in [0.1, 0.15) is 44.5 Å². The van der Waals surface area contributed by atoms with Crippen molar-refractivity contribution < 1.29 is 8.42 Å². The molecule has 0 bridgehead atoms. The Labute approximate surface area is 215 Å². The third kappa shape index (κ3) is 4.22. The number of nitrogen functional groups attached to an aromatic ring is 1. The molecule has 1 aliphatic carbocycles. The van der Waals surface area contributed by atoms with Gasteiger partial charge in [-0.1, -0.05) is 18.2 Å². The molecule has 3 heterocycles. The highest BCUT2D eigenvalue weighted by atomic mass is 32.2. The molecule has 2 unspecified atom stereocenters. The number of sulfone groups is 1. The van der Waals surface area contributed by atoms with Crippen molar-refractivity contribution in [3.63, 3.8) is 0 Å². The fourth-order valence-electron chi connectivity index (χ4n) is 5.10. The molecule has 1 aromatic carbocycles. The number of hydrogen-bond donors (Lipinski definition) is 2. The first-order chi connectivity index (χ1) is 17.1. The fraction of sp³-hybridized carbons (Fsp3) is 0.385. The lowest BCUT2D eigenvalue weighted by Gasteiger charge is -2.31. The van der Waals surface area contributed by atoms with Crippen LogP contribution in [0.2, 0.25) is 0 Å². The van der Waals surface area contributed by atoms with Gasteiger partial charge in [0.25, 0.3) is 0 Å². The lowest BCUT2D eigenvalue weighted by molar-refractivity contribution is 0.402. The van der Waals surface area contributed by atoms with E-state index in [0.717, 1.165) is 45.0 Å². The molecular formula is C26H30N6O2S2. The van der Waals surface area contributed by atoms with E-state index in [1.165, 1.54) is 0 Å². The van der Waals surface area contributed by atoms with Crippen LogP contribution in [0.15, 0.2) is 47.5 Å². The second-order valence-electron chi connectivity index (χ2n) is 9.92. The van der Waals surface area contributed by atoms with Crippen LogP contribution < -0.4 is 11.1 Å². The highest BCUT2D eigenvalue weighted by Gasteiger charge is 2.45. The van der Waals surface area contributed by atoms with Crippen LogP contribution in [-0.2, 0) is 9.84 Å². The summed E-state index contributed by atoms with van der Waals surface area (Å²) in [7, 11) is -3.49. The lowest BCUT2D eigenvalue weighted by Crippen LogP contribution is -2.39. The van der Waals surface area contributed by atoms with Crippen molar-refractivity contribution in [1.82, 2.24) is 19.9 Å². The number of aryl methyl sites for hydroxylation is 2. The summed E-state index contributed by atoms with van der Waals surface area (Å²) in [6.45, 7) is 7.54. The molecule has 0 amide bonds. The molecule has 36 heavy (non-hydrogen) atoms. The first kappa shape index (κ1) is 24.6. The number of hydrogen-bond acceptors (Lipinski definition) is 9. The van der Waals surface area contributed by atoms with Crippen LogP contribution in [0.25, 0.3) is 20.8 Å². The number of fused-ring (bicyclic) bond motifs is 1. The average Bonchev–Trinajstić information content (AvgIpc) is 3.47. The first-order valence-corrected chi connectivity index (χ1v) is 14.3. The monoisotopic (exact) mass is 522 g/mol. The number of aromatic nitrogens is 4. The smallest absolute Gasteiger partial charge is 0.222 e. The number of anilines is 2. The van der Waals surface area contributed by atoms with Gasteiger partial charge in [0, 0.05) is 12.2 Å². The maximum atomic E-state index is 13.5. The van der Waals surface area contributed by atoms with E-state index in [-0.39, 0.29) is 17.9 Å². The van der Waals surface area contributed by atoms with Gasteiger partial charge in [-0.25, -0.2) is 18.4 Å². The first-order valence-electron chi connectivity index (χ1n) is 12.0. The predicted octanol–water partition coefficient (Wildman–Crippen LogP) is 5.18. The predicted molar refractivity (Wildman–Crippen MR) is 145 cm³/mol. The second kappa shape index (κ2) is 9.08. The maximum absolute atomic E-state index is 13.5. The van der Waals surface area contributed by atoms with E-state index >= 15 is 0 Å². The number of nitrogens with zero attached hydrogens (tertiary/aromatic N) is 4. The Morgan fingerprint density at radius 2 is 1.78 bits per heavy atom. The number of thiazole rings is 1. The van der Waals surface area contributed by atoms with E-state index in [0.29, 0.717) is 17.1 Å². The van der Waals surface area contributed by atoms with E-state index in [4.69, 9.17) is 10.7 Å². The quantitative estimate of drug-likeness (QED) is 0.355. The molecule has 10 heteroatoms. The van der Waals surface area contributed by atoms with Gasteiger partial charge in [0.15, 0.2) is 9.84 Å². The van der Waals surface area contributed by atoms with Crippen molar-refractivity contribution in [2.24, 2.45) is 5.92 Å². The molecule has 0 spiro atoms. The minimum atomic E-state index is -3.49. The van der Waals surface area contributed by atoms with Gasteiger partial charge < -0.3 is 11.1 Å². The summed E-state index contributed by atoms with van der Waals surface area (Å²) >= 11 is 1.57. The maximum Gasteiger partial charge on any atom is 0.222 e. The van der Waals surface area contributed by atoms with Gasteiger partial charge in [-0.2, -0.15) is 4.98 Å². The van der Waals surface area contributed by atoms with Gasteiger partial charge in [-0.15, -0.1) is 11.3 Å². The van der Waals surface area contributed by atoms with Crippen molar-refractivity contribution in [2.45, 2.75) is 62.6 Å². The zero-order valence-electron chi connectivity index (χ0n) is 20.8. The Morgan fingerprint density at radius 3 is 2.50 bits per heavy atom. The number of nitrogens with one attached hydrogen (secondary N) is 1. The summed E-state index contributed by atoms with van der Waals surface area (Å²) in [6.07, 6.45) is 4.14. The largest absolute Gasteiger partial charge is 0.368 e. The van der Waals surface area contributed by atoms with Crippen LogP contribution in [0.4, 0.5) is 11.8 Å². The Kier molecular flexibility index (Phi) is 6.20. The number of benzene rings is 1. The van der Waals surface area contributed by atoms with Crippen molar-refractivity contribution in [3.05, 3.63) is 54.0 Å². The second-order valence-corrected chi connectivity index (χ2v) is 13.5. The third-order valence-electron chi connectivity index (χ3n) is 7.31. The molecule has 0 aliphatic heterocycles. The molecule has 188 valence electrons. The standard InChI is InChI=1S/C26H30N6O2S2/c1-15-21(24-31-22-16(2)28-13-12-20(22)35-24)23(32-25(27)29-15)30-18-11-10-17(14-18)26(3,4)36(33,34)19-8-6-5-7-9-19/h5-9,12-13,17-18H,10-11,14H2,1-4H3,(H3,27,29,30,32). The van der Waals surface area contributed by atoms with E-state index < -0.39 is 14.6 Å². The number of nitrogens with two attached hydrogens (primary N) is 1. The van der Waals surface area contributed by atoms with Crippen molar-refractivity contribution >= 4 is 43.2 Å². The summed E-state index contributed by atoms with van der Waals surface area (Å²) in [4.78, 5) is 18.5. The van der Waals surface area contributed by atoms with Crippen LogP contribution in [0.5, 0.6) is 0 Å². The number of pyridine rings is 1. The van der Waals surface area contributed by atoms with Gasteiger partial charge in [-0.3, -0.25) is 4.98 Å². The summed E-state index contributed by atoms with van der Waals surface area (Å²) < 4.78 is 27.1. The molecule has 0 radical (unpaired) electrons. The minimum absolute atomic E-state index is 0.000104. The Morgan fingerprint density at radius 1 is 1.03 bits per heavy atom. The van der Waals surface area contributed by atoms with Gasteiger partial charge in [-0.05, 0) is 71.1 Å². The molecular weight excluding hydrogens is 492 g/mol. The van der Waals surface area contributed by atoms with E-state index in [2.05, 4.69) is 20.3 Å². The summed E-state index contributed by atoms with van der Waals surface area (Å²) in [6, 6.07) is 10.7. The molecule has 8 nitrogen and oxygen atoms in total. The molecule has 3 N–H and O–H groups in total. The summed E-state index contributed by atoms with van der Waals surface area (Å²) in [5, 5.41) is 4.37. The molecule has 1 saturated carbocycles. The van der Waals surface area contributed by atoms with Crippen LogP contribution in [-0.4, -0.2) is 39.1 Å². The molecule has 5 rings (SSSR count). The minimum Gasteiger partial charge on any atom is -0.368 e. The van der Waals surface area contributed by atoms with Crippen LogP contribution in [0.3, 0.4) is 0 Å². The summed E-state index contributed by atoms with van der Waals surface area (Å²) in [5.41, 5.74) is 9.34. The van der Waals surface area contributed by atoms with Crippen molar-refractivity contribution in [3.8, 4) is 10.6 Å². The topological polar surface area (TPSA) is 124 Å². The highest BCUT2D eigenvalue weighted by Crippen LogP contribution is 2.43. The number of rotatable bonds is 6. The molecule has 1 fully saturated rings. The average molecular weight is 523 g/mol. The molecule has 1 aliphatic rings. The Hall–Kier alpha value is -3.11. The van der Waals surface area contributed by atoms with Gasteiger partial charge >= 0.3 is 0 Å². The molecule has 2 atom stereocenters. The van der Waals surface area contributed by atoms with Crippen molar-refractivity contribution in [2.75, 3.05) is 11.1 Å². The fourth-order valence-corrected chi connectivity index (χ4v) is 7.99. The van der Waals surface area contributed by atoms with Crippen molar-refractivity contribution in [1.29, 1.82) is 0 Å². The molecule has 3 aromatic heterocycles. The van der Waals surface area contributed by atoms with E-state index in [9.17, 15) is 8.42 Å². The lowest BCUT2D eigenvalue weighted by atomic mass is 9.93. The molecule has 0 saturated heterocycles. The van der Waals surface area contributed by atoms with Gasteiger partial charge in [0.2, 0.25) is 5.95 Å². The summed E-state index contributed by atoms with van der Waals surface area (Å²) in [5.74, 6) is 0.832. The van der Waals surface area contributed by atoms with Crippen LogP contribution >= 0.6 is 11.3 Å². The SMILES string of the molecule is Cc1nc(N)nc(NC2CCC(C(C)(C)S(=O)(=O)c3ccccc3)C2)c1-c1nc2c(C)nccc2s1. The molecule has 4 aromatic rings.